The first kappa shape index (κ1) is 16.6. The average molecular weight is 306 g/mol. The Kier molecular flexibility index (Phi) is 6.07. The average Bonchev–Trinajstić information content (AvgIpc) is 2.54. The van der Waals surface area contributed by atoms with E-state index in [1.807, 2.05) is 18.2 Å². The highest BCUT2D eigenvalue weighted by molar-refractivity contribution is 5.76. The minimum absolute atomic E-state index is 0.0994. The van der Waals surface area contributed by atoms with Gasteiger partial charge in [0.2, 0.25) is 5.91 Å². The van der Waals surface area contributed by atoms with E-state index in [1.165, 1.54) is 0 Å². The monoisotopic (exact) mass is 306 g/mol. The first-order valence-corrected chi connectivity index (χ1v) is 7.84. The molecule has 2 rings (SSSR count). The molecule has 0 bridgehead atoms. The van der Waals surface area contributed by atoms with Crippen LogP contribution in [0, 0.1) is 5.92 Å². The number of methoxy groups -OCH3 is 2. The van der Waals surface area contributed by atoms with Crippen molar-refractivity contribution in [3.63, 3.8) is 0 Å². The van der Waals surface area contributed by atoms with Crippen LogP contribution in [0.5, 0.6) is 11.5 Å². The summed E-state index contributed by atoms with van der Waals surface area (Å²) in [5.74, 6) is 2.13. The van der Waals surface area contributed by atoms with Crippen molar-refractivity contribution in [1.82, 2.24) is 10.6 Å². The molecule has 0 saturated carbocycles. The van der Waals surface area contributed by atoms with Gasteiger partial charge in [0, 0.05) is 25.1 Å². The molecule has 1 amide bonds. The number of hydrogen-bond donors (Lipinski definition) is 2. The number of hydrogen-bond acceptors (Lipinski definition) is 4. The highest BCUT2D eigenvalue weighted by Crippen LogP contribution is 2.23. The summed E-state index contributed by atoms with van der Waals surface area (Å²) in [6.07, 6.45) is 2.26. The lowest BCUT2D eigenvalue weighted by Gasteiger charge is -2.30. The van der Waals surface area contributed by atoms with E-state index >= 15 is 0 Å². The van der Waals surface area contributed by atoms with Gasteiger partial charge in [0.1, 0.15) is 11.5 Å². The van der Waals surface area contributed by atoms with Crippen molar-refractivity contribution in [1.29, 1.82) is 0 Å². The van der Waals surface area contributed by atoms with Crippen LogP contribution >= 0.6 is 0 Å². The molecule has 0 radical (unpaired) electrons. The zero-order valence-corrected chi connectivity index (χ0v) is 13.6. The maximum absolute atomic E-state index is 12.1. The molecule has 0 aromatic heterocycles. The van der Waals surface area contributed by atoms with Gasteiger partial charge in [-0.25, -0.2) is 0 Å². The molecule has 2 N–H and O–H groups in total. The number of nitrogens with one attached hydrogen (secondary N) is 2. The van der Waals surface area contributed by atoms with Crippen LogP contribution in [-0.2, 0) is 11.2 Å². The van der Waals surface area contributed by atoms with Crippen molar-refractivity contribution in [3.05, 3.63) is 23.8 Å². The second-order valence-corrected chi connectivity index (χ2v) is 5.87. The van der Waals surface area contributed by atoms with Crippen LogP contribution in [0.3, 0.4) is 0 Å². The lowest BCUT2D eigenvalue weighted by Crippen LogP contribution is -2.50. The predicted molar refractivity (Wildman–Crippen MR) is 86.4 cm³/mol. The molecule has 1 heterocycles. The minimum Gasteiger partial charge on any atom is -0.497 e. The topological polar surface area (TPSA) is 59.6 Å². The molecule has 5 nitrogen and oxygen atoms in total. The highest BCUT2D eigenvalue weighted by atomic mass is 16.5. The maximum Gasteiger partial charge on any atom is 0.220 e. The van der Waals surface area contributed by atoms with Crippen molar-refractivity contribution in [2.45, 2.75) is 32.2 Å². The summed E-state index contributed by atoms with van der Waals surface area (Å²) < 4.78 is 10.5. The summed E-state index contributed by atoms with van der Waals surface area (Å²) in [5.41, 5.74) is 1.04. The third-order valence-electron chi connectivity index (χ3n) is 4.23. The van der Waals surface area contributed by atoms with Gasteiger partial charge in [-0.1, -0.05) is 6.92 Å². The van der Waals surface area contributed by atoms with Gasteiger partial charge < -0.3 is 20.1 Å². The van der Waals surface area contributed by atoms with Crippen LogP contribution in [0.15, 0.2) is 18.2 Å². The number of amides is 1. The third kappa shape index (κ3) is 4.63. The van der Waals surface area contributed by atoms with Crippen molar-refractivity contribution in [2.75, 3.05) is 27.3 Å². The normalized spacial score (nSPS) is 21.2. The molecule has 122 valence electrons. The Balaban J connectivity index is 1.87. The Morgan fingerprint density at radius 3 is 2.55 bits per heavy atom. The van der Waals surface area contributed by atoms with Gasteiger partial charge in [-0.2, -0.15) is 0 Å². The molecule has 1 fully saturated rings. The van der Waals surface area contributed by atoms with E-state index in [4.69, 9.17) is 9.47 Å². The standard InChI is InChI=1S/C17H26N2O3/c1-12-6-7-18-11-16(12)19-17(20)5-4-13-8-14(21-2)10-15(9-13)22-3/h8-10,12,16,18H,4-7,11H2,1-3H3,(H,19,20). The molecule has 0 aliphatic carbocycles. The lowest BCUT2D eigenvalue weighted by molar-refractivity contribution is -0.122. The summed E-state index contributed by atoms with van der Waals surface area (Å²) >= 11 is 0. The van der Waals surface area contributed by atoms with Crippen molar-refractivity contribution in [2.24, 2.45) is 5.92 Å². The van der Waals surface area contributed by atoms with Crippen LogP contribution in [0.1, 0.15) is 25.3 Å². The van der Waals surface area contributed by atoms with Crippen molar-refractivity contribution in [3.8, 4) is 11.5 Å². The number of rotatable bonds is 6. The van der Waals surface area contributed by atoms with E-state index in [2.05, 4.69) is 17.6 Å². The first-order chi connectivity index (χ1) is 10.6. The number of piperidine rings is 1. The number of benzene rings is 1. The third-order valence-corrected chi connectivity index (χ3v) is 4.23. The zero-order valence-electron chi connectivity index (χ0n) is 13.6. The van der Waals surface area contributed by atoms with E-state index in [9.17, 15) is 4.79 Å². The van der Waals surface area contributed by atoms with E-state index in [0.717, 1.165) is 36.6 Å². The van der Waals surface area contributed by atoms with E-state index in [-0.39, 0.29) is 11.9 Å². The molecule has 2 atom stereocenters. The minimum atomic E-state index is 0.0994. The highest BCUT2D eigenvalue weighted by Gasteiger charge is 2.22. The molecule has 2 unspecified atom stereocenters. The second-order valence-electron chi connectivity index (χ2n) is 5.87. The van der Waals surface area contributed by atoms with Crippen LogP contribution in [0.2, 0.25) is 0 Å². The lowest BCUT2D eigenvalue weighted by atomic mass is 9.94. The van der Waals surface area contributed by atoms with E-state index in [1.54, 1.807) is 14.2 Å². The fraction of sp³-hybridized carbons (Fsp3) is 0.588. The van der Waals surface area contributed by atoms with Gasteiger partial charge >= 0.3 is 0 Å². The molecule has 1 aliphatic rings. The molecule has 1 aromatic carbocycles. The van der Waals surface area contributed by atoms with E-state index in [0.29, 0.717) is 18.8 Å². The van der Waals surface area contributed by atoms with Gasteiger partial charge in [0.05, 0.1) is 14.2 Å². The zero-order chi connectivity index (χ0) is 15.9. The van der Waals surface area contributed by atoms with Gasteiger partial charge in [0.25, 0.3) is 0 Å². The molecular weight excluding hydrogens is 280 g/mol. The molecule has 5 heteroatoms. The molecule has 0 spiro atoms. The van der Waals surface area contributed by atoms with Gasteiger partial charge in [-0.05, 0) is 43.0 Å². The maximum atomic E-state index is 12.1. The summed E-state index contributed by atoms with van der Waals surface area (Å²) in [6.45, 7) is 4.09. The molecular formula is C17H26N2O3. The van der Waals surface area contributed by atoms with Crippen LogP contribution in [-0.4, -0.2) is 39.3 Å². The summed E-state index contributed by atoms with van der Waals surface area (Å²) in [4.78, 5) is 12.1. The molecule has 1 aliphatic heterocycles. The molecule has 1 saturated heterocycles. The summed E-state index contributed by atoms with van der Waals surface area (Å²) in [7, 11) is 3.26. The fourth-order valence-electron chi connectivity index (χ4n) is 2.73. The number of ether oxygens (including phenoxy) is 2. The van der Waals surface area contributed by atoms with Crippen LogP contribution < -0.4 is 20.1 Å². The van der Waals surface area contributed by atoms with Crippen molar-refractivity contribution >= 4 is 5.91 Å². The van der Waals surface area contributed by atoms with Gasteiger partial charge in [-0.3, -0.25) is 4.79 Å². The summed E-state index contributed by atoms with van der Waals surface area (Å²) in [6, 6.07) is 5.96. The Morgan fingerprint density at radius 2 is 1.95 bits per heavy atom. The van der Waals surface area contributed by atoms with Gasteiger partial charge in [-0.15, -0.1) is 0 Å². The fourth-order valence-corrected chi connectivity index (χ4v) is 2.73. The molecule has 1 aromatic rings. The van der Waals surface area contributed by atoms with E-state index < -0.39 is 0 Å². The quantitative estimate of drug-likeness (QED) is 0.840. The Labute approximate surface area is 132 Å². The number of carbonyl (C=O) groups excluding carboxylic acids is 1. The Bertz CT molecular complexity index is 482. The largest absolute Gasteiger partial charge is 0.497 e. The predicted octanol–water partition coefficient (Wildman–Crippen LogP) is 1.75. The number of aryl methyl sites for hydroxylation is 1. The summed E-state index contributed by atoms with van der Waals surface area (Å²) in [5, 5.41) is 6.46. The first-order valence-electron chi connectivity index (χ1n) is 7.84. The Hall–Kier alpha value is -1.75. The van der Waals surface area contributed by atoms with Crippen molar-refractivity contribution < 1.29 is 14.3 Å². The van der Waals surface area contributed by atoms with Crippen LogP contribution in [0.25, 0.3) is 0 Å². The second kappa shape index (κ2) is 8.03. The van der Waals surface area contributed by atoms with Crippen LogP contribution in [0.4, 0.5) is 0 Å². The number of carbonyl (C=O) groups is 1. The smallest absolute Gasteiger partial charge is 0.220 e. The van der Waals surface area contributed by atoms with Gasteiger partial charge in [0.15, 0.2) is 0 Å². The Morgan fingerprint density at radius 1 is 1.27 bits per heavy atom. The molecule has 22 heavy (non-hydrogen) atoms. The SMILES string of the molecule is COc1cc(CCC(=O)NC2CNCCC2C)cc(OC)c1.